The van der Waals surface area contributed by atoms with Crippen LogP contribution in [0, 0.1) is 17.5 Å². The zero-order valence-electron chi connectivity index (χ0n) is 14.8. The first-order valence-corrected chi connectivity index (χ1v) is 8.26. The van der Waals surface area contributed by atoms with E-state index < -0.39 is 17.5 Å². The lowest BCUT2D eigenvalue weighted by molar-refractivity contribution is 0.0950. The number of ether oxygens (including phenoxy) is 1. The molecule has 1 aromatic heterocycles. The Labute approximate surface area is 159 Å². The Morgan fingerprint density at radius 2 is 1.86 bits per heavy atom. The highest BCUT2D eigenvalue weighted by Gasteiger charge is 2.14. The van der Waals surface area contributed by atoms with Gasteiger partial charge >= 0.3 is 0 Å². The number of nitrogens with zero attached hydrogens (tertiary/aromatic N) is 1. The largest absolute Gasteiger partial charge is 0.496 e. The van der Waals surface area contributed by atoms with Crippen LogP contribution in [0.4, 0.5) is 24.7 Å². The maximum absolute atomic E-state index is 13.8. The molecule has 3 rings (SSSR count). The molecule has 8 heteroatoms. The Bertz CT molecular complexity index is 1010. The molecule has 0 bridgehead atoms. The zero-order chi connectivity index (χ0) is 20.1. The van der Waals surface area contributed by atoms with Gasteiger partial charge in [-0.3, -0.25) is 4.79 Å². The van der Waals surface area contributed by atoms with Crippen LogP contribution in [0.2, 0.25) is 0 Å². The fourth-order valence-corrected chi connectivity index (χ4v) is 2.53. The van der Waals surface area contributed by atoms with E-state index in [4.69, 9.17) is 4.74 Å². The molecule has 0 aliphatic heterocycles. The Kier molecular flexibility index (Phi) is 5.78. The highest BCUT2D eigenvalue weighted by atomic mass is 19.2. The number of nitrogens with one attached hydrogen (secondary N) is 2. The lowest BCUT2D eigenvalue weighted by Crippen LogP contribution is -2.23. The Balaban J connectivity index is 1.72. The molecule has 0 aliphatic rings. The zero-order valence-corrected chi connectivity index (χ0v) is 14.8. The van der Waals surface area contributed by atoms with Crippen LogP contribution >= 0.6 is 0 Å². The number of hydrogen-bond donors (Lipinski definition) is 2. The molecule has 144 valence electrons. The molecule has 2 aromatic carbocycles. The van der Waals surface area contributed by atoms with Gasteiger partial charge in [-0.1, -0.05) is 18.2 Å². The molecule has 0 fully saturated rings. The minimum absolute atomic E-state index is 0.106. The van der Waals surface area contributed by atoms with Crippen LogP contribution in [0.1, 0.15) is 15.9 Å². The van der Waals surface area contributed by atoms with E-state index >= 15 is 0 Å². The lowest BCUT2D eigenvalue weighted by atomic mass is 10.2. The van der Waals surface area contributed by atoms with Crippen molar-refractivity contribution >= 4 is 17.4 Å². The predicted molar refractivity (Wildman–Crippen MR) is 98.0 cm³/mol. The number of carbonyl (C=O) groups is 1. The van der Waals surface area contributed by atoms with Crippen molar-refractivity contribution in [2.75, 3.05) is 12.4 Å². The van der Waals surface area contributed by atoms with Gasteiger partial charge in [0.15, 0.2) is 17.5 Å². The summed E-state index contributed by atoms with van der Waals surface area (Å²) in [5, 5.41) is 5.29. The summed E-state index contributed by atoms with van der Waals surface area (Å²) in [5.41, 5.74) is 0.767. The summed E-state index contributed by atoms with van der Waals surface area (Å²) in [6.45, 7) is 0.242. The Morgan fingerprint density at radius 3 is 2.64 bits per heavy atom. The summed E-state index contributed by atoms with van der Waals surface area (Å²) in [6, 6.07) is 11.9. The van der Waals surface area contributed by atoms with Crippen molar-refractivity contribution in [1.29, 1.82) is 0 Å². The number of aromatic nitrogens is 1. The van der Waals surface area contributed by atoms with Gasteiger partial charge in [-0.15, -0.1) is 0 Å². The number of methoxy groups -OCH3 is 1. The van der Waals surface area contributed by atoms with Gasteiger partial charge in [-0.25, -0.2) is 18.2 Å². The SMILES string of the molecule is COc1ccccc1CNC(=O)c1ccnc(Nc2ccc(F)c(F)c2F)c1. The summed E-state index contributed by atoms with van der Waals surface area (Å²) in [6.07, 6.45) is 1.35. The second-order valence-corrected chi connectivity index (χ2v) is 5.77. The first-order chi connectivity index (χ1) is 13.5. The van der Waals surface area contributed by atoms with E-state index in [1.54, 1.807) is 13.2 Å². The van der Waals surface area contributed by atoms with Gasteiger partial charge in [-0.05, 0) is 30.3 Å². The standard InChI is InChI=1S/C20H16F3N3O2/c1-28-16-5-3-2-4-13(16)11-25-20(27)12-8-9-24-17(10-12)26-15-7-6-14(21)18(22)19(15)23/h2-10H,11H2,1H3,(H,24,26)(H,25,27). The normalized spacial score (nSPS) is 10.4. The molecule has 0 aliphatic carbocycles. The minimum atomic E-state index is -1.59. The average molecular weight is 387 g/mol. The lowest BCUT2D eigenvalue weighted by Gasteiger charge is -2.11. The number of carbonyl (C=O) groups excluding carboxylic acids is 1. The molecular formula is C20H16F3N3O2. The summed E-state index contributed by atoms with van der Waals surface area (Å²) < 4.78 is 45.4. The van der Waals surface area contributed by atoms with E-state index in [-0.39, 0.29) is 29.5 Å². The van der Waals surface area contributed by atoms with Gasteiger partial charge in [0.1, 0.15) is 11.6 Å². The maximum Gasteiger partial charge on any atom is 0.251 e. The van der Waals surface area contributed by atoms with E-state index in [0.29, 0.717) is 5.75 Å². The summed E-state index contributed by atoms with van der Waals surface area (Å²) >= 11 is 0. The van der Waals surface area contributed by atoms with Crippen molar-refractivity contribution < 1.29 is 22.7 Å². The molecule has 0 atom stereocenters. The quantitative estimate of drug-likeness (QED) is 0.623. The molecule has 5 nitrogen and oxygen atoms in total. The molecule has 0 spiro atoms. The van der Waals surface area contributed by atoms with Gasteiger partial charge in [-0.2, -0.15) is 0 Å². The third-order valence-corrected chi connectivity index (χ3v) is 3.95. The summed E-state index contributed by atoms with van der Waals surface area (Å²) in [7, 11) is 1.54. The van der Waals surface area contributed by atoms with E-state index in [2.05, 4.69) is 15.6 Å². The van der Waals surface area contributed by atoms with Crippen LogP contribution in [-0.2, 0) is 6.54 Å². The molecule has 1 amide bonds. The molecule has 1 heterocycles. The van der Waals surface area contributed by atoms with Crippen molar-refractivity contribution in [3.63, 3.8) is 0 Å². The van der Waals surface area contributed by atoms with Gasteiger partial charge < -0.3 is 15.4 Å². The van der Waals surface area contributed by atoms with Crippen molar-refractivity contribution in [1.82, 2.24) is 10.3 Å². The molecule has 0 saturated carbocycles. The number of hydrogen-bond acceptors (Lipinski definition) is 4. The number of rotatable bonds is 6. The number of halogens is 3. The molecule has 3 aromatic rings. The van der Waals surface area contributed by atoms with E-state index in [9.17, 15) is 18.0 Å². The highest BCUT2D eigenvalue weighted by Crippen LogP contribution is 2.23. The number of anilines is 2. The fraction of sp³-hybridized carbons (Fsp3) is 0.100. The van der Waals surface area contributed by atoms with E-state index in [1.165, 1.54) is 18.3 Å². The molecule has 0 unspecified atom stereocenters. The molecule has 28 heavy (non-hydrogen) atoms. The average Bonchev–Trinajstić information content (AvgIpc) is 2.73. The first kappa shape index (κ1) is 19.2. The van der Waals surface area contributed by atoms with Crippen molar-refractivity contribution in [2.24, 2.45) is 0 Å². The molecular weight excluding hydrogens is 371 g/mol. The number of pyridine rings is 1. The topological polar surface area (TPSA) is 63.2 Å². The van der Waals surface area contributed by atoms with Gasteiger partial charge in [0, 0.05) is 23.9 Å². The van der Waals surface area contributed by atoms with Gasteiger partial charge in [0.05, 0.1) is 12.8 Å². The van der Waals surface area contributed by atoms with Crippen LogP contribution in [-0.4, -0.2) is 18.0 Å². The van der Waals surface area contributed by atoms with Crippen LogP contribution in [0.5, 0.6) is 5.75 Å². The van der Waals surface area contributed by atoms with Gasteiger partial charge in [0.2, 0.25) is 0 Å². The second kappa shape index (κ2) is 8.43. The highest BCUT2D eigenvalue weighted by molar-refractivity contribution is 5.94. The fourth-order valence-electron chi connectivity index (χ4n) is 2.53. The summed E-state index contributed by atoms with van der Waals surface area (Å²) in [5.74, 6) is -3.88. The third kappa shape index (κ3) is 4.22. The van der Waals surface area contributed by atoms with E-state index in [1.807, 2.05) is 18.2 Å². The smallest absolute Gasteiger partial charge is 0.251 e. The van der Waals surface area contributed by atoms with Crippen LogP contribution in [0.25, 0.3) is 0 Å². The predicted octanol–water partition coefficient (Wildman–Crippen LogP) is 4.18. The van der Waals surface area contributed by atoms with Crippen LogP contribution in [0.15, 0.2) is 54.7 Å². The number of para-hydroxylation sites is 1. The number of amides is 1. The Hall–Kier alpha value is -3.55. The monoisotopic (exact) mass is 387 g/mol. The number of benzene rings is 2. The minimum Gasteiger partial charge on any atom is -0.496 e. The molecule has 2 N–H and O–H groups in total. The van der Waals surface area contributed by atoms with Crippen molar-refractivity contribution in [3.8, 4) is 5.75 Å². The van der Waals surface area contributed by atoms with Crippen LogP contribution in [0.3, 0.4) is 0 Å². The van der Waals surface area contributed by atoms with Crippen molar-refractivity contribution in [2.45, 2.75) is 6.54 Å². The Morgan fingerprint density at radius 1 is 1.07 bits per heavy atom. The van der Waals surface area contributed by atoms with E-state index in [0.717, 1.165) is 17.7 Å². The van der Waals surface area contributed by atoms with Gasteiger partial charge in [0.25, 0.3) is 5.91 Å². The first-order valence-electron chi connectivity index (χ1n) is 8.26. The molecule has 0 radical (unpaired) electrons. The second-order valence-electron chi connectivity index (χ2n) is 5.77. The van der Waals surface area contributed by atoms with Crippen molar-refractivity contribution in [3.05, 3.63) is 83.3 Å². The molecule has 0 saturated heterocycles. The third-order valence-electron chi connectivity index (χ3n) is 3.95. The maximum atomic E-state index is 13.8. The summed E-state index contributed by atoms with van der Waals surface area (Å²) in [4.78, 5) is 16.4. The van der Waals surface area contributed by atoms with Crippen LogP contribution < -0.4 is 15.4 Å².